The van der Waals surface area contributed by atoms with Crippen LogP contribution in [0.15, 0.2) is 27.4 Å². The van der Waals surface area contributed by atoms with Gasteiger partial charge in [0.15, 0.2) is 15.4 Å². The number of aryl methyl sites for hydroxylation is 1. The third-order valence-electron chi connectivity index (χ3n) is 4.12. The summed E-state index contributed by atoms with van der Waals surface area (Å²) in [6.45, 7) is 0. The molecule has 0 bridgehead atoms. The van der Waals surface area contributed by atoms with Gasteiger partial charge in [-0.1, -0.05) is 0 Å². The number of benzene rings is 1. The second-order valence-electron chi connectivity index (χ2n) is 5.58. The lowest BCUT2D eigenvalue weighted by Gasteiger charge is -2.23. The molecule has 0 saturated carbocycles. The molecule has 22 heavy (non-hydrogen) atoms. The molecule has 8 heteroatoms. The lowest BCUT2D eigenvalue weighted by Crippen LogP contribution is -2.37. The number of amides is 1. The van der Waals surface area contributed by atoms with Crippen LogP contribution in [0.1, 0.15) is 16.8 Å². The van der Waals surface area contributed by atoms with Crippen molar-refractivity contribution < 1.29 is 17.6 Å². The second kappa shape index (κ2) is 4.98. The zero-order chi connectivity index (χ0) is 16.1. The van der Waals surface area contributed by atoms with Gasteiger partial charge in [-0.15, -0.1) is 0 Å². The lowest BCUT2D eigenvalue weighted by atomic mass is 10.1. The Hall–Kier alpha value is -2.09. The van der Waals surface area contributed by atoms with Crippen molar-refractivity contribution in [2.75, 3.05) is 18.6 Å². The van der Waals surface area contributed by atoms with Crippen LogP contribution in [0.25, 0.3) is 11.1 Å². The van der Waals surface area contributed by atoms with Gasteiger partial charge in [-0.05, 0) is 24.6 Å². The molecule has 1 saturated heterocycles. The van der Waals surface area contributed by atoms with Gasteiger partial charge in [0.2, 0.25) is 0 Å². The van der Waals surface area contributed by atoms with Gasteiger partial charge in [0.05, 0.1) is 17.0 Å². The topological polar surface area (TPSA) is 89.6 Å². The number of rotatable bonds is 2. The smallest absolute Gasteiger partial charge is 0.408 e. The summed E-state index contributed by atoms with van der Waals surface area (Å²) in [6, 6.07) is 4.46. The molecule has 1 fully saturated rings. The van der Waals surface area contributed by atoms with Crippen molar-refractivity contribution in [1.82, 2.24) is 9.47 Å². The van der Waals surface area contributed by atoms with E-state index in [-0.39, 0.29) is 23.5 Å². The monoisotopic (exact) mass is 324 g/mol. The number of oxazole rings is 1. The molecule has 0 spiro atoms. The number of fused-ring (bicyclic) bond motifs is 1. The normalized spacial score (nSPS) is 20.4. The van der Waals surface area contributed by atoms with Crippen molar-refractivity contribution in [3.05, 3.63) is 34.3 Å². The highest BCUT2D eigenvalue weighted by Crippen LogP contribution is 2.20. The highest BCUT2D eigenvalue weighted by molar-refractivity contribution is 7.91. The maximum absolute atomic E-state index is 12.5. The van der Waals surface area contributed by atoms with Crippen molar-refractivity contribution in [3.8, 4) is 0 Å². The van der Waals surface area contributed by atoms with Crippen LogP contribution in [0.4, 0.5) is 0 Å². The van der Waals surface area contributed by atoms with E-state index >= 15 is 0 Å². The molecular formula is C14H16N2O5S. The Morgan fingerprint density at radius 2 is 2.14 bits per heavy atom. The first kappa shape index (κ1) is 14.8. The molecule has 7 nitrogen and oxygen atoms in total. The number of aromatic nitrogens is 1. The summed E-state index contributed by atoms with van der Waals surface area (Å²) in [5, 5.41) is 0. The molecule has 0 radical (unpaired) electrons. The molecule has 1 atom stereocenters. The fourth-order valence-electron chi connectivity index (χ4n) is 2.72. The van der Waals surface area contributed by atoms with E-state index in [9.17, 15) is 18.0 Å². The number of hydrogen-bond donors (Lipinski definition) is 0. The maximum atomic E-state index is 12.5. The summed E-state index contributed by atoms with van der Waals surface area (Å²) in [7, 11) is 0.135. The van der Waals surface area contributed by atoms with Gasteiger partial charge in [-0.25, -0.2) is 13.2 Å². The Labute approximate surface area is 127 Å². The van der Waals surface area contributed by atoms with Crippen LogP contribution >= 0.6 is 0 Å². The summed E-state index contributed by atoms with van der Waals surface area (Å²) in [5.74, 6) is -0.662. The Morgan fingerprint density at radius 3 is 2.77 bits per heavy atom. The van der Waals surface area contributed by atoms with E-state index in [4.69, 9.17) is 4.42 Å². The summed E-state index contributed by atoms with van der Waals surface area (Å²) in [4.78, 5) is 25.4. The minimum Gasteiger partial charge on any atom is -0.408 e. The standard InChI is InChI=1S/C14H16N2O5S/c1-15(10-5-6-22(19,20)8-10)13(17)9-3-4-11-12(7-9)21-14(18)16(11)2/h3-4,7,10H,5-6,8H2,1-2H3. The van der Waals surface area contributed by atoms with Crippen molar-refractivity contribution in [3.63, 3.8) is 0 Å². The summed E-state index contributed by atoms with van der Waals surface area (Å²) < 4.78 is 29.5. The van der Waals surface area contributed by atoms with Crippen LogP contribution in [0.2, 0.25) is 0 Å². The minimum absolute atomic E-state index is 0.00208. The van der Waals surface area contributed by atoms with Gasteiger partial charge in [0.25, 0.3) is 5.91 Å². The van der Waals surface area contributed by atoms with Crippen LogP contribution in [0.3, 0.4) is 0 Å². The first-order valence-electron chi connectivity index (χ1n) is 6.86. The number of hydrogen-bond acceptors (Lipinski definition) is 5. The van der Waals surface area contributed by atoms with Crippen LogP contribution in [0, 0.1) is 0 Å². The lowest BCUT2D eigenvalue weighted by molar-refractivity contribution is 0.0747. The van der Waals surface area contributed by atoms with Gasteiger partial charge in [0.1, 0.15) is 0 Å². The molecule has 1 unspecified atom stereocenters. The predicted molar refractivity (Wildman–Crippen MR) is 80.6 cm³/mol. The van der Waals surface area contributed by atoms with Crippen LogP contribution in [-0.4, -0.2) is 48.4 Å². The predicted octanol–water partition coefficient (Wildman–Crippen LogP) is 0.391. The van der Waals surface area contributed by atoms with Gasteiger partial charge in [0, 0.05) is 25.7 Å². The Balaban J connectivity index is 1.90. The van der Waals surface area contributed by atoms with Crippen molar-refractivity contribution in [1.29, 1.82) is 0 Å². The van der Waals surface area contributed by atoms with Crippen LogP contribution in [0.5, 0.6) is 0 Å². The van der Waals surface area contributed by atoms with Crippen LogP contribution in [-0.2, 0) is 16.9 Å². The fourth-order valence-corrected chi connectivity index (χ4v) is 4.49. The summed E-state index contributed by atoms with van der Waals surface area (Å²) in [5.41, 5.74) is 1.31. The second-order valence-corrected chi connectivity index (χ2v) is 7.81. The van der Waals surface area contributed by atoms with E-state index < -0.39 is 15.6 Å². The van der Waals surface area contributed by atoms with E-state index in [0.29, 0.717) is 23.1 Å². The third kappa shape index (κ3) is 2.43. The molecule has 0 N–H and O–H groups in total. The molecular weight excluding hydrogens is 308 g/mol. The number of nitrogens with zero attached hydrogens (tertiary/aromatic N) is 2. The van der Waals surface area contributed by atoms with Crippen molar-refractivity contribution >= 4 is 26.8 Å². The zero-order valence-electron chi connectivity index (χ0n) is 12.3. The Kier molecular flexibility index (Phi) is 3.36. The number of carbonyl (C=O) groups is 1. The minimum atomic E-state index is -3.05. The molecule has 118 valence electrons. The van der Waals surface area contributed by atoms with E-state index in [0.717, 1.165) is 0 Å². The van der Waals surface area contributed by atoms with Crippen LogP contribution < -0.4 is 5.76 Å². The molecule has 1 aromatic carbocycles. The highest BCUT2D eigenvalue weighted by atomic mass is 32.2. The van der Waals surface area contributed by atoms with E-state index in [1.54, 1.807) is 26.2 Å². The molecule has 2 aromatic rings. The van der Waals surface area contributed by atoms with Crippen molar-refractivity contribution in [2.24, 2.45) is 7.05 Å². The average Bonchev–Trinajstić information content (AvgIpc) is 2.97. The molecule has 2 heterocycles. The average molecular weight is 324 g/mol. The fraction of sp³-hybridized carbons (Fsp3) is 0.429. The largest absolute Gasteiger partial charge is 0.419 e. The van der Waals surface area contributed by atoms with E-state index in [2.05, 4.69) is 0 Å². The third-order valence-corrected chi connectivity index (χ3v) is 5.87. The Bertz CT molecular complexity index is 909. The molecule has 1 amide bonds. The quantitative estimate of drug-likeness (QED) is 0.797. The van der Waals surface area contributed by atoms with Gasteiger partial charge < -0.3 is 9.32 Å². The summed E-state index contributed by atoms with van der Waals surface area (Å²) in [6.07, 6.45) is 0.452. The summed E-state index contributed by atoms with van der Waals surface area (Å²) >= 11 is 0. The van der Waals surface area contributed by atoms with E-state index in [1.165, 1.54) is 15.5 Å². The molecule has 1 aliphatic rings. The molecule has 0 aliphatic carbocycles. The van der Waals surface area contributed by atoms with Crippen molar-refractivity contribution in [2.45, 2.75) is 12.5 Å². The SMILES string of the molecule is CN(C(=O)c1ccc2c(c1)oc(=O)n2C)C1CCS(=O)(=O)C1. The molecule has 1 aliphatic heterocycles. The van der Waals surface area contributed by atoms with Gasteiger partial charge in [-0.2, -0.15) is 0 Å². The molecule has 1 aromatic heterocycles. The Morgan fingerprint density at radius 1 is 1.41 bits per heavy atom. The van der Waals surface area contributed by atoms with E-state index in [1.807, 2.05) is 0 Å². The molecule has 3 rings (SSSR count). The first-order valence-corrected chi connectivity index (χ1v) is 8.68. The van der Waals surface area contributed by atoms with Gasteiger partial charge in [-0.3, -0.25) is 9.36 Å². The first-order chi connectivity index (χ1) is 10.3. The van der Waals surface area contributed by atoms with Gasteiger partial charge >= 0.3 is 5.76 Å². The maximum Gasteiger partial charge on any atom is 0.419 e. The number of carbonyl (C=O) groups excluding carboxylic acids is 1. The zero-order valence-corrected chi connectivity index (χ0v) is 13.1. The highest BCUT2D eigenvalue weighted by Gasteiger charge is 2.33. The number of sulfone groups is 1.